The number of allylic oxidation sites excluding steroid dienone is 1. The second-order valence-corrected chi connectivity index (χ2v) is 13.8. The normalized spacial score (nSPS) is 35.4. The van der Waals surface area contributed by atoms with Crippen LogP contribution in [0.25, 0.3) is 6.08 Å². The number of aliphatic hydroxyl groups excluding tert-OH is 2. The van der Waals surface area contributed by atoms with E-state index in [0.29, 0.717) is 53.7 Å². The molecule has 2 aliphatic carbocycles. The van der Waals surface area contributed by atoms with Gasteiger partial charge in [0.15, 0.2) is 0 Å². The van der Waals surface area contributed by atoms with Crippen LogP contribution in [-0.4, -0.2) is 73.5 Å². The number of hydrogen-bond donors (Lipinski definition) is 5. The molecule has 3 fully saturated rings. The molecule has 2 aromatic heterocycles. The van der Waals surface area contributed by atoms with Gasteiger partial charge in [0, 0.05) is 24.7 Å². The summed E-state index contributed by atoms with van der Waals surface area (Å²) in [7, 11) is 1.69. The molecule has 45 heavy (non-hydrogen) atoms. The summed E-state index contributed by atoms with van der Waals surface area (Å²) in [6.45, 7) is 4.83. The average molecular weight is 617 g/mol. The number of aromatic nitrogens is 3. The molecule has 1 spiro atoms. The van der Waals surface area contributed by atoms with Crippen LogP contribution in [0.4, 0.5) is 11.6 Å². The molecule has 3 aliphatic heterocycles. The fourth-order valence-electron chi connectivity index (χ4n) is 8.81. The van der Waals surface area contributed by atoms with Crippen molar-refractivity contribution in [3.05, 3.63) is 53.1 Å². The predicted molar refractivity (Wildman–Crippen MR) is 165 cm³/mol. The van der Waals surface area contributed by atoms with E-state index in [0.717, 1.165) is 19.3 Å². The summed E-state index contributed by atoms with van der Waals surface area (Å²) >= 11 is 0. The van der Waals surface area contributed by atoms with Gasteiger partial charge in [0.05, 0.1) is 54.2 Å². The molecule has 5 aliphatic rings. The van der Waals surface area contributed by atoms with Crippen molar-refractivity contribution >= 4 is 35.3 Å². The minimum atomic E-state index is -0.623. The van der Waals surface area contributed by atoms with Crippen LogP contribution < -0.4 is 10.6 Å². The predicted octanol–water partition coefficient (Wildman–Crippen LogP) is 3.17. The van der Waals surface area contributed by atoms with Crippen LogP contribution in [0.15, 0.2) is 41.8 Å². The number of epoxide rings is 1. The van der Waals surface area contributed by atoms with E-state index in [1.807, 2.05) is 25.1 Å². The first-order valence-corrected chi connectivity index (χ1v) is 15.7. The number of nitrogens with zero attached hydrogens (tertiary/aromatic N) is 3. The third-order valence-electron chi connectivity index (χ3n) is 11.3. The number of ether oxygens (including phenoxy) is 2. The van der Waals surface area contributed by atoms with Crippen molar-refractivity contribution in [1.29, 1.82) is 5.41 Å². The fraction of sp³-hybridized carbons (Fsp3) is 0.545. The standard InChI is InChI=1S/C33H40N6O6/c1-31-9-8-25(41)32(2,16-40)23(31)7-10-33(17-44-33)24(31)15-21(36-26-6-4-5-11-35-26)19-12-18(45-30(19)43)13-22-28-20(34)14-27(42)37-29(28)39(3)38-22/h4-6,11-13,21,23-25,34,40-41H,7-10,14-17H2,1-3H3,(H,35,36)(H,37,42)/b18-13+,34-20?/t21?,23?,24?,25-,31+,32+,33?/m1/s1. The number of aliphatic hydroxyl groups is 2. The molecular weight excluding hydrogens is 576 g/mol. The Bertz CT molecular complexity index is 1630. The molecule has 0 radical (unpaired) electrons. The summed E-state index contributed by atoms with van der Waals surface area (Å²) in [5, 5.41) is 40.7. The monoisotopic (exact) mass is 616 g/mol. The molecule has 12 heteroatoms. The van der Waals surface area contributed by atoms with Gasteiger partial charge in [-0.2, -0.15) is 5.10 Å². The Balaban J connectivity index is 1.26. The molecule has 4 unspecified atom stereocenters. The highest BCUT2D eigenvalue weighted by Crippen LogP contribution is 2.66. The van der Waals surface area contributed by atoms with Crippen LogP contribution in [-0.2, 0) is 26.1 Å². The van der Waals surface area contributed by atoms with Crippen LogP contribution in [0.5, 0.6) is 0 Å². The number of fused-ring (bicyclic) bond motifs is 2. The maximum atomic E-state index is 13.6. The van der Waals surface area contributed by atoms with Gasteiger partial charge >= 0.3 is 5.97 Å². The van der Waals surface area contributed by atoms with Gasteiger partial charge in [-0.25, -0.2) is 9.78 Å². The Morgan fingerprint density at radius 3 is 2.78 bits per heavy atom. The minimum Gasteiger partial charge on any atom is -0.423 e. The van der Waals surface area contributed by atoms with Gasteiger partial charge in [0.25, 0.3) is 0 Å². The lowest BCUT2D eigenvalue weighted by molar-refractivity contribution is -0.177. The summed E-state index contributed by atoms with van der Waals surface area (Å²) in [6, 6.07) is 5.11. The van der Waals surface area contributed by atoms with Crippen molar-refractivity contribution in [3.63, 3.8) is 0 Å². The number of rotatable bonds is 7. The second kappa shape index (κ2) is 10.6. The Hall–Kier alpha value is -3.87. The van der Waals surface area contributed by atoms with E-state index in [-0.39, 0.29) is 47.5 Å². The summed E-state index contributed by atoms with van der Waals surface area (Å²) in [5.74, 6) is 0.734. The maximum Gasteiger partial charge on any atom is 0.341 e. The average Bonchev–Trinajstić information content (AvgIpc) is 3.58. The topological polar surface area (TPSA) is 175 Å². The van der Waals surface area contributed by atoms with Gasteiger partial charge < -0.3 is 35.7 Å². The lowest BCUT2D eigenvalue weighted by Crippen LogP contribution is -2.61. The lowest BCUT2D eigenvalue weighted by Gasteiger charge is -2.61. The van der Waals surface area contributed by atoms with E-state index in [1.165, 1.54) is 4.68 Å². The van der Waals surface area contributed by atoms with Crippen molar-refractivity contribution < 1.29 is 29.3 Å². The minimum absolute atomic E-state index is 0.0389. The second-order valence-electron chi connectivity index (χ2n) is 13.8. The van der Waals surface area contributed by atoms with E-state index in [4.69, 9.17) is 14.9 Å². The van der Waals surface area contributed by atoms with Crippen molar-refractivity contribution in [2.45, 2.75) is 70.1 Å². The number of esters is 1. The first-order chi connectivity index (χ1) is 21.5. The van der Waals surface area contributed by atoms with Crippen LogP contribution in [0.2, 0.25) is 0 Å². The molecule has 1 saturated heterocycles. The summed E-state index contributed by atoms with van der Waals surface area (Å²) in [4.78, 5) is 30.1. The van der Waals surface area contributed by atoms with Gasteiger partial charge in [0.2, 0.25) is 5.91 Å². The Labute approximate surface area is 261 Å². The summed E-state index contributed by atoms with van der Waals surface area (Å²) in [5.41, 5.74) is 0.363. The zero-order valence-electron chi connectivity index (χ0n) is 25.8. The lowest BCUT2D eigenvalue weighted by atomic mass is 9.44. The number of pyridine rings is 1. The number of aryl methyl sites for hydroxylation is 1. The molecule has 0 aromatic carbocycles. The first-order valence-electron chi connectivity index (χ1n) is 15.7. The number of hydrogen-bond acceptors (Lipinski definition) is 10. The Kier molecular flexibility index (Phi) is 7.03. The van der Waals surface area contributed by atoms with Gasteiger partial charge in [-0.15, -0.1) is 0 Å². The smallest absolute Gasteiger partial charge is 0.341 e. The number of anilines is 2. The van der Waals surface area contributed by atoms with Gasteiger partial charge in [-0.3, -0.25) is 9.48 Å². The quantitative estimate of drug-likeness (QED) is 0.231. The summed E-state index contributed by atoms with van der Waals surface area (Å²) in [6.07, 6.45) is 8.06. The molecule has 238 valence electrons. The number of carbonyl (C=O) groups excluding carboxylic acids is 2. The number of nitrogens with one attached hydrogen (secondary N) is 3. The molecule has 1 amide bonds. The first kappa shape index (κ1) is 29.8. The molecule has 2 saturated carbocycles. The molecule has 5 N–H and O–H groups in total. The molecule has 12 nitrogen and oxygen atoms in total. The van der Waals surface area contributed by atoms with E-state index >= 15 is 0 Å². The third-order valence-corrected chi connectivity index (χ3v) is 11.3. The third kappa shape index (κ3) is 4.81. The SMILES string of the molecule is Cn1nc(/C=C2\C=C(C(CC3C4(CCC5[C@]3(C)CC[C@@H](O)[C@@]5(C)CO)CO4)Nc3ccccn3)C(=O)O2)c2c1NC(=O)CC2=N. The van der Waals surface area contributed by atoms with Gasteiger partial charge in [-0.05, 0) is 67.6 Å². The van der Waals surface area contributed by atoms with Crippen molar-refractivity contribution in [2.24, 2.45) is 29.7 Å². The van der Waals surface area contributed by atoms with E-state index < -0.39 is 23.5 Å². The Morgan fingerprint density at radius 2 is 2.07 bits per heavy atom. The van der Waals surface area contributed by atoms with Crippen molar-refractivity contribution in [2.75, 3.05) is 23.8 Å². The van der Waals surface area contributed by atoms with Gasteiger partial charge in [0.1, 0.15) is 23.1 Å². The maximum absolute atomic E-state index is 13.6. The van der Waals surface area contributed by atoms with Crippen molar-refractivity contribution in [3.8, 4) is 0 Å². The molecule has 7 rings (SSSR count). The molecule has 0 bridgehead atoms. The van der Waals surface area contributed by atoms with E-state index in [9.17, 15) is 19.8 Å². The van der Waals surface area contributed by atoms with Crippen LogP contribution >= 0.6 is 0 Å². The van der Waals surface area contributed by atoms with Crippen LogP contribution in [0, 0.1) is 28.1 Å². The van der Waals surface area contributed by atoms with Crippen LogP contribution in [0.1, 0.15) is 63.6 Å². The van der Waals surface area contributed by atoms with Crippen molar-refractivity contribution in [1.82, 2.24) is 14.8 Å². The number of cyclic esters (lactones) is 1. The zero-order chi connectivity index (χ0) is 31.7. The van der Waals surface area contributed by atoms with Gasteiger partial charge in [-0.1, -0.05) is 19.9 Å². The molecular formula is C33H40N6O6. The largest absolute Gasteiger partial charge is 0.423 e. The number of carbonyl (C=O) groups is 2. The molecule has 2 aromatic rings. The number of amides is 1. The highest BCUT2D eigenvalue weighted by molar-refractivity contribution is 6.20. The van der Waals surface area contributed by atoms with E-state index in [1.54, 1.807) is 25.4 Å². The molecule has 7 atom stereocenters. The molecule has 5 heterocycles. The zero-order valence-corrected chi connectivity index (χ0v) is 25.8. The highest BCUT2D eigenvalue weighted by Gasteiger charge is 2.67. The van der Waals surface area contributed by atoms with E-state index in [2.05, 4.69) is 27.6 Å². The highest BCUT2D eigenvalue weighted by atomic mass is 16.6. The van der Waals surface area contributed by atoms with Crippen LogP contribution in [0.3, 0.4) is 0 Å². The Morgan fingerprint density at radius 1 is 1.27 bits per heavy atom. The fourth-order valence-corrected chi connectivity index (χ4v) is 8.81. The summed E-state index contributed by atoms with van der Waals surface area (Å²) < 4.78 is 13.5.